The van der Waals surface area contributed by atoms with Crippen LogP contribution in [0.2, 0.25) is 10.0 Å². The van der Waals surface area contributed by atoms with Crippen LogP contribution < -0.4 is 15.1 Å². The molecule has 2 aliphatic heterocycles. The zero-order valence-corrected chi connectivity index (χ0v) is 20.6. The maximum absolute atomic E-state index is 13.6. The van der Waals surface area contributed by atoms with Gasteiger partial charge in [-0.15, -0.1) is 0 Å². The van der Waals surface area contributed by atoms with Crippen molar-refractivity contribution >= 4 is 47.0 Å². The number of carbonyl (C=O) groups is 2. The molecule has 0 atom stereocenters. The van der Waals surface area contributed by atoms with Crippen LogP contribution in [0.25, 0.3) is 0 Å². The topological polar surface area (TPSA) is 74.2 Å². The maximum atomic E-state index is 13.6. The summed E-state index contributed by atoms with van der Waals surface area (Å²) in [5.74, 6) is -1.51. The standard InChI is InChI=1S/C26H18Cl2F2N4O3/c1-14-12-31-34(26(36)32-14)17-10-20(27)24(21(28)11-17)37-18-3-4-19-16(9-18)6-7-33(25(19)35)13-15-2-5-22(29)23(30)8-15/h2-5,8-12H,1,6-7,13H2,(H,32,36). The van der Waals surface area contributed by atoms with Gasteiger partial charge in [-0.05, 0) is 60.0 Å². The second-order valence-corrected chi connectivity index (χ2v) is 9.21. The molecular formula is C26H18Cl2F2N4O3. The molecule has 0 aromatic heterocycles. The summed E-state index contributed by atoms with van der Waals surface area (Å²) in [6.07, 6.45) is 1.93. The average molecular weight is 543 g/mol. The van der Waals surface area contributed by atoms with Gasteiger partial charge in [-0.1, -0.05) is 35.8 Å². The predicted molar refractivity (Wildman–Crippen MR) is 136 cm³/mol. The number of ether oxygens (including phenoxy) is 1. The van der Waals surface area contributed by atoms with Gasteiger partial charge in [0, 0.05) is 18.7 Å². The summed E-state index contributed by atoms with van der Waals surface area (Å²) >= 11 is 12.8. The van der Waals surface area contributed by atoms with Crippen LogP contribution in [-0.2, 0) is 13.0 Å². The number of hydrogen-bond donors (Lipinski definition) is 1. The molecule has 11 heteroatoms. The zero-order valence-electron chi connectivity index (χ0n) is 19.1. The second kappa shape index (κ2) is 9.84. The lowest BCUT2D eigenvalue weighted by atomic mass is 9.98. The van der Waals surface area contributed by atoms with E-state index in [1.807, 2.05) is 0 Å². The minimum Gasteiger partial charge on any atom is -0.454 e. The number of hydrogen-bond acceptors (Lipinski definition) is 4. The van der Waals surface area contributed by atoms with E-state index in [1.54, 1.807) is 23.1 Å². The number of nitrogens with zero attached hydrogens (tertiary/aromatic N) is 3. The fraction of sp³-hybridized carbons (Fsp3) is 0.115. The number of anilines is 1. The molecule has 0 aliphatic carbocycles. The number of nitrogens with one attached hydrogen (secondary N) is 1. The van der Waals surface area contributed by atoms with Crippen LogP contribution in [0, 0.1) is 11.6 Å². The van der Waals surface area contributed by atoms with Crippen molar-refractivity contribution in [2.75, 3.05) is 11.6 Å². The van der Waals surface area contributed by atoms with Crippen molar-refractivity contribution in [3.8, 4) is 11.5 Å². The van der Waals surface area contributed by atoms with Crippen LogP contribution in [0.15, 0.2) is 65.9 Å². The number of rotatable bonds is 5. The molecule has 0 saturated heterocycles. The molecule has 2 aliphatic rings. The first-order valence-electron chi connectivity index (χ1n) is 11.1. The Morgan fingerprint density at radius 2 is 1.78 bits per heavy atom. The summed E-state index contributed by atoms with van der Waals surface area (Å²) in [5.41, 5.74) is 2.45. The quantitative estimate of drug-likeness (QED) is 0.411. The molecule has 7 nitrogen and oxygen atoms in total. The Bertz CT molecular complexity index is 1470. The molecule has 188 valence electrons. The summed E-state index contributed by atoms with van der Waals surface area (Å²) in [6.45, 7) is 4.19. The molecular weight excluding hydrogens is 525 g/mol. The molecule has 0 spiro atoms. The number of allylic oxidation sites excluding steroid dienone is 1. The minimum atomic E-state index is -0.952. The van der Waals surface area contributed by atoms with Gasteiger partial charge in [0.15, 0.2) is 17.4 Å². The molecule has 3 aromatic rings. The van der Waals surface area contributed by atoms with Crippen LogP contribution in [0.1, 0.15) is 21.5 Å². The van der Waals surface area contributed by atoms with Gasteiger partial charge < -0.3 is 15.0 Å². The third-order valence-corrected chi connectivity index (χ3v) is 6.40. The van der Waals surface area contributed by atoms with Crippen molar-refractivity contribution in [1.29, 1.82) is 0 Å². The molecule has 0 bridgehead atoms. The third kappa shape index (κ3) is 5.00. The first-order chi connectivity index (χ1) is 17.7. The molecule has 0 saturated carbocycles. The van der Waals surface area contributed by atoms with Crippen molar-refractivity contribution in [1.82, 2.24) is 10.2 Å². The molecule has 1 N–H and O–H groups in total. The number of hydrazone groups is 1. The molecule has 0 radical (unpaired) electrons. The van der Waals surface area contributed by atoms with E-state index >= 15 is 0 Å². The summed E-state index contributed by atoms with van der Waals surface area (Å²) < 4.78 is 32.7. The highest BCUT2D eigenvalue weighted by atomic mass is 35.5. The fourth-order valence-corrected chi connectivity index (χ4v) is 4.61. The lowest BCUT2D eigenvalue weighted by Gasteiger charge is -2.29. The van der Waals surface area contributed by atoms with Gasteiger partial charge in [-0.3, -0.25) is 4.79 Å². The van der Waals surface area contributed by atoms with Crippen molar-refractivity contribution in [3.63, 3.8) is 0 Å². The van der Waals surface area contributed by atoms with Crippen LogP contribution in [-0.4, -0.2) is 29.6 Å². The van der Waals surface area contributed by atoms with Crippen molar-refractivity contribution in [3.05, 3.63) is 99.2 Å². The second-order valence-electron chi connectivity index (χ2n) is 8.40. The lowest BCUT2D eigenvalue weighted by molar-refractivity contribution is 0.0726. The van der Waals surface area contributed by atoms with E-state index in [-0.39, 0.29) is 28.2 Å². The maximum Gasteiger partial charge on any atom is 0.347 e. The smallest absolute Gasteiger partial charge is 0.347 e. The Kier molecular flexibility index (Phi) is 6.57. The van der Waals surface area contributed by atoms with Gasteiger partial charge in [-0.2, -0.15) is 10.1 Å². The minimum absolute atomic E-state index is 0.154. The fourth-order valence-electron chi connectivity index (χ4n) is 4.06. The normalized spacial score (nSPS) is 15.1. The Hall–Kier alpha value is -3.95. The number of urea groups is 1. The average Bonchev–Trinajstić information content (AvgIpc) is 2.85. The Morgan fingerprint density at radius 3 is 2.49 bits per heavy atom. The number of halogens is 4. The van der Waals surface area contributed by atoms with E-state index in [1.165, 1.54) is 24.4 Å². The molecule has 5 rings (SSSR count). The van der Waals surface area contributed by atoms with E-state index in [9.17, 15) is 18.4 Å². The van der Waals surface area contributed by atoms with E-state index in [2.05, 4.69) is 17.0 Å². The van der Waals surface area contributed by atoms with Crippen LogP contribution >= 0.6 is 23.2 Å². The number of amides is 3. The van der Waals surface area contributed by atoms with Crippen molar-refractivity contribution in [2.24, 2.45) is 5.10 Å². The van der Waals surface area contributed by atoms with E-state index in [0.29, 0.717) is 41.2 Å². The first kappa shape index (κ1) is 24.7. The number of fused-ring (bicyclic) bond motifs is 1. The first-order valence-corrected chi connectivity index (χ1v) is 11.8. The molecule has 3 amide bonds. The van der Waals surface area contributed by atoms with Crippen LogP contribution in [0.4, 0.5) is 19.3 Å². The summed E-state index contributed by atoms with van der Waals surface area (Å²) in [6, 6.07) is 11.1. The van der Waals surface area contributed by atoms with Gasteiger partial charge in [-0.25, -0.2) is 13.6 Å². The predicted octanol–water partition coefficient (Wildman–Crippen LogP) is 6.29. The van der Waals surface area contributed by atoms with Gasteiger partial charge >= 0.3 is 6.03 Å². The van der Waals surface area contributed by atoms with E-state index < -0.39 is 17.7 Å². The Balaban J connectivity index is 1.33. The molecule has 37 heavy (non-hydrogen) atoms. The summed E-state index contributed by atoms with van der Waals surface area (Å²) in [4.78, 5) is 26.8. The summed E-state index contributed by atoms with van der Waals surface area (Å²) in [7, 11) is 0. The largest absolute Gasteiger partial charge is 0.454 e. The van der Waals surface area contributed by atoms with Crippen LogP contribution in [0.5, 0.6) is 11.5 Å². The highest BCUT2D eigenvalue weighted by Gasteiger charge is 2.26. The van der Waals surface area contributed by atoms with Gasteiger partial charge in [0.2, 0.25) is 0 Å². The highest BCUT2D eigenvalue weighted by molar-refractivity contribution is 6.37. The monoisotopic (exact) mass is 542 g/mol. The van der Waals surface area contributed by atoms with Crippen molar-refractivity contribution < 1.29 is 23.1 Å². The van der Waals surface area contributed by atoms with E-state index in [0.717, 1.165) is 22.7 Å². The van der Waals surface area contributed by atoms with Gasteiger partial charge in [0.1, 0.15) is 5.75 Å². The lowest BCUT2D eigenvalue weighted by Crippen LogP contribution is -2.40. The molecule has 3 aromatic carbocycles. The molecule has 0 fully saturated rings. The van der Waals surface area contributed by atoms with Gasteiger partial charge in [0.05, 0.1) is 27.6 Å². The van der Waals surface area contributed by atoms with E-state index in [4.69, 9.17) is 27.9 Å². The number of benzene rings is 3. The summed E-state index contributed by atoms with van der Waals surface area (Å²) in [5, 5.41) is 7.96. The molecule has 2 heterocycles. The van der Waals surface area contributed by atoms with Crippen molar-refractivity contribution in [2.45, 2.75) is 13.0 Å². The van der Waals surface area contributed by atoms with Gasteiger partial charge in [0.25, 0.3) is 5.91 Å². The Labute approximate surface area is 220 Å². The number of carbonyl (C=O) groups excluding carboxylic acids is 2. The van der Waals surface area contributed by atoms with Crippen LogP contribution in [0.3, 0.4) is 0 Å². The highest BCUT2D eigenvalue weighted by Crippen LogP contribution is 2.40. The zero-order chi connectivity index (χ0) is 26.3. The Morgan fingerprint density at radius 1 is 1.03 bits per heavy atom. The SMILES string of the molecule is C=C1C=NN(c2cc(Cl)c(Oc3ccc4c(c3)CCN(Cc3ccc(F)c(F)c3)C4=O)c(Cl)c2)C(=O)N1. The third-order valence-electron chi connectivity index (χ3n) is 5.84. The molecule has 0 unspecified atom stereocenters.